The zero-order chi connectivity index (χ0) is 12.8. The molecule has 0 bridgehead atoms. The van der Waals surface area contributed by atoms with Crippen molar-refractivity contribution in [3.8, 4) is 0 Å². The number of carbonyl (C=O) groups excluding carboxylic acids is 1. The lowest BCUT2D eigenvalue weighted by Crippen LogP contribution is -2.42. The molecule has 1 amide bonds. The fourth-order valence-electron chi connectivity index (χ4n) is 1.71. The third-order valence-electron chi connectivity index (χ3n) is 2.45. The van der Waals surface area contributed by atoms with Crippen molar-refractivity contribution in [1.82, 2.24) is 5.32 Å². The van der Waals surface area contributed by atoms with Gasteiger partial charge in [-0.25, -0.2) is 0 Å². The minimum Gasteiger partial charge on any atom is -0.388 e. The second-order valence-electron chi connectivity index (χ2n) is 5.42. The van der Waals surface area contributed by atoms with Gasteiger partial charge in [-0.2, -0.15) is 0 Å². The van der Waals surface area contributed by atoms with Gasteiger partial charge in [-0.05, 0) is 31.7 Å². The minimum atomic E-state index is -0.824. The molecule has 0 aromatic carbocycles. The minimum absolute atomic E-state index is 0.0398. The zero-order valence-electron chi connectivity index (χ0n) is 10.9. The van der Waals surface area contributed by atoms with Gasteiger partial charge in [0.1, 0.15) is 0 Å². The molecule has 2 atom stereocenters. The zero-order valence-corrected chi connectivity index (χ0v) is 10.9. The average Bonchev–Trinajstić information content (AvgIpc) is 2.13. The Bertz CT molecular complexity index is 215. The molecule has 16 heavy (non-hydrogen) atoms. The van der Waals surface area contributed by atoms with Crippen LogP contribution >= 0.6 is 0 Å². The molecule has 4 heteroatoms. The van der Waals surface area contributed by atoms with E-state index in [1.165, 1.54) is 0 Å². The van der Waals surface area contributed by atoms with E-state index in [2.05, 4.69) is 5.32 Å². The van der Waals surface area contributed by atoms with Crippen LogP contribution in [0.15, 0.2) is 0 Å². The van der Waals surface area contributed by atoms with Crippen molar-refractivity contribution < 1.29 is 9.90 Å². The van der Waals surface area contributed by atoms with Gasteiger partial charge in [0, 0.05) is 13.0 Å². The Morgan fingerprint density at radius 1 is 1.44 bits per heavy atom. The molecule has 0 radical (unpaired) electrons. The number of hydrogen-bond acceptors (Lipinski definition) is 3. The summed E-state index contributed by atoms with van der Waals surface area (Å²) in [5.74, 6) is 0.562. The lowest BCUT2D eigenvalue weighted by atomic mass is 9.94. The average molecular weight is 230 g/mol. The molecule has 0 aromatic rings. The first-order valence-electron chi connectivity index (χ1n) is 5.96. The predicted molar refractivity (Wildman–Crippen MR) is 65.9 cm³/mol. The fourth-order valence-corrected chi connectivity index (χ4v) is 1.71. The van der Waals surface area contributed by atoms with Gasteiger partial charge in [0.15, 0.2) is 0 Å². The number of hydrogen-bond donors (Lipinski definition) is 3. The molecule has 4 nitrogen and oxygen atoms in total. The molecule has 0 rings (SSSR count). The molecule has 0 fully saturated rings. The molecule has 0 heterocycles. The van der Waals surface area contributed by atoms with E-state index in [0.29, 0.717) is 31.8 Å². The first-order chi connectivity index (χ1) is 7.26. The molecule has 0 saturated heterocycles. The van der Waals surface area contributed by atoms with Gasteiger partial charge in [0.2, 0.25) is 5.91 Å². The summed E-state index contributed by atoms with van der Waals surface area (Å²) in [6, 6.07) is 0. The maximum Gasteiger partial charge on any atom is 0.220 e. The molecule has 0 spiro atoms. The van der Waals surface area contributed by atoms with Gasteiger partial charge in [0.05, 0.1) is 5.60 Å². The smallest absolute Gasteiger partial charge is 0.220 e. The molecule has 96 valence electrons. The van der Waals surface area contributed by atoms with E-state index in [9.17, 15) is 9.90 Å². The summed E-state index contributed by atoms with van der Waals surface area (Å²) in [4.78, 5) is 11.5. The Hall–Kier alpha value is -0.610. The topological polar surface area (TPSA) is 75.3 Å². The summed E-state index contributed by atoms with van der Waals surface area (Å²) < 4.78 is 0. The van der Waals surface area contributed by atoms with Crippen molar-refractivity contribution >= 4 is 5.91 Å². The molecule has 0 aliphatic rings. The predicted octanol–water partition coefficient (Wildman–Crippen LogP) is 0.885. The Kier molecular flexibility index (Phi) is 6.60. The number of carbonyl (C=O) groups is 1. The second kappa shape index (κ2) is 6.86. The van der Waals surface area contributed by atoms with Gasteiger partial charge >= 0.3 is 0 Å². The molecule has 0 saturated carbocycles. The van der Waals surface area contributed by atoms with Gasteiger partial charge in [0.25, 0.3) is 0 Å². The van der Waals surface area contributed by atoms with Crippen molar-refractivity contribution in [3.05, 3.63) is 0 Å². The monoisotopic (exact) mass is 230 g/mol. The molecule has 0 aliphatic carbocycles. The highest BCUT2D eigenvalue weighted by Crippen LogP contribution is 2.15. The van der Waals surface area contributed by atoms with Gasteiger partial charge in [-0.15, -0.1) is 0 Å². The summed E-state index contributed by atoms with van der Waals surface area (Å²) in [6.07, 6.45) is 1.11. The highest BCUT2D eigenvalue weighted by atomic mass is 16.3. The maximum absolute atomic E-state index is 11.5. The van der Waals surface area contributed by atoms with E-state index in [1.807, 2.05) is 20.8 Å². The molecular formula is C12H26N2O2. The van der Waals surface area contributed by atoms with Crippen molar-refractivity contribution in [2.45, 2.75) is 46.1 Å². The molecule has 4 N–H and O–H groups in total. The van der Waals surface area contributed by atoms with E-state index < -0.39 is 5.60 Å². The van der Waals surface area contributed by atoms with Crippen LogP contribution in [0.2, 0.25) is 0 Å². The van der Waals surface area contributed by atoms with Crippen molar-refractivity contribution in [1.29, 1.82) is 0 Å². The van der Waals surface area contributed by atoms with Gasteiger partial charge in [-0.3, -0.25) is 4.79 Å². The van der Waals surface area contributed by atoms with Crippen LogP contribution in [0, 0.1) is 11.8 Å². The summed E-state index contributed by atoms with van der Waals surface area (Å²) in [5.41, 5.74) is 4.62. The number of amides is 1. The van der Waals surface area contributed by atoms with Crippen LogP contribution in [-0.4, -0.2) is 29.7 Å². The van der Waals surface area contributed by atoms with E-state index in [1.54, 1.807) is 6.92 Å². The van der Waals surface area contributed by atoms with Crippen molar-refractivity contribution in [3.63, 3.8) is 0 Å². The van der Waals surface area contributed by atoms with Crippen LogP contribution < -0.4 is 11.1 Å². The Labute approximate surface area is 98.6 Å². The summed E-state index contributed by atoms with van der Waals surface area (Å²) in [6.45, 7) is 8.60. The second-order valence-corrected chi connectivity index (χ2v) is 5.42. The standard InChI is InChI=1S/C12H26N2O2/c1-9(2)6-12(4,16)8-14-11(15)5-10(3)7-13/h9-10,16H,5-8,13H2,1-4H3,(H,14,15). The van der Waals surface area contributed by atoms with E-state index >= 15 is 0 Å². The summed E-state index contributed by atoms with van der Waals surface area (Å²) in [5, 5.41) is 12.7. The molecule has 0 aliphatic heterocycles. The Morgan fingerprint density at radius 2 is 2.00 bits per heavy atom. The Morgan fingerprint density at radius 3 is 2.44 bits per heavy atom. The highest BCUT2D eigenvalue weighted by Gasteiger charge is 2.22. The van der Waals surface area contributed by atoms with Gasteiger partial charge < -0.3 is 16.2 Å². The summed E-state index contributed by atoms with van der Waals surface area (Å²) in [7, 11) is 0. The Balaban J connectivity index is 3.90. The summed E-state index contributed by atoms with van der Waals surface area (Å²) >= 11 is 0. The highest BCUT2D eigenvalue weighted by molar-refractivity contribution is 5.76. The van der Waals surface area contributed by atoms with Crippen LogP contribution in [0.1, 0.15) is 40.5 Å². The number of rotatable bonds is 7. The fraction of sp³-hybridized carbons (Fsp3) is 0.917. The van der Waals surface area contributed by atoms with Crippen LogP contribution in [-0.2, 0) is 4.79 Å². The molecule has 0 aromatic heterocycles. The first-order valence-corrected chi connectivity index (χ1v) is 5.96. The lowest BCUT2D eigenvalue weighted by molar-refractivity contribution is -0.123. The van der Waals surface area contributed by atoms with E-state index in [-0.39, 0.29) is 11.8 Å². The largest absolute Gasteiger partial charge is 0.388 e. The normalized spacial score (nSPS) is 16.9. The maximum atomic E-state index is 11.5. The van der Waals surface area contributed by atoms with Crippen LogP contribution in [0.4, 0.5) is 0 Å². The third kappa shape index (κ3) is 7.65. The first kappa shape index (κ1) is 15.4. The number of nitrogens with two attached hydrogens (primary N) is 1. The third-order valence-corrected chi connectivity index (χ3v) is 2.45. The van der Waals surface area contributed by atoms with Crippen LogP contribution in [0.3, 0.4) is 0 Å². The quantitative estimate of drug-likeness (QED) is 0.608. The van der Waals surface area contributed by atoms with E-state index in [0.717, 1.165) is 0 Å². The van der Waals surface area contributed by atoms with Gasteiger partial charge in [-0.1, -0.05) is 20.8 Å². The van der Waals surface area contributed by atoms with Crippen molar-refractivity contribution in [2.24, 2.45) is 17.6 Å². The number of aliphatic hydroxyl groups is 1. The molecular weight excluding hydrogens is 204 g/mol. The molecule has 2 unspecified atom stereocenters. The van der Waals surface area contributed by atoms with Crippen LogP contribution in [0.25, 0.3) is 0 Å². The number of nitrogens with one attached hydrogen (secondary N) is 1. The van der Waals surface area contributed by atoms with Crippen LogP contribution in [0.5, 0.6) is 0 Å². The lowest BCUT2D eigenvalue weighted by Gasteiger charge is -2.25. The van der Waals surface area contributed by atoms with E-state index in [4.69, 9.17) is 5.73 Å². The van der Waals surface area contributed by atoms with Crippen molar-refractivity contribution in [2.75, 3.05) is 13.1 Å². The SMILES string of the molecule is CC(C)CC(C)(O)CNC(=O)CC(C)CN.